The number of carbonyl (C=O) groups excluding carboxylic acids is 1. The fourth-order valence-corrected chi connectivity index (χ4v) is 3.06. The Morgan fingerprint density at radius 2 is 2.29 bits per heavy atom. The predicted molar refractivity (Wildman–Crippen MR) is 91.8 cm³/mol. The van der Waals surface area contributed by atoms with E-state index in [-0.39, 0.29) is 12.2 Å². The maximum Gasteiger partial charge on any atom is 0.410 e. The summed E-state index contributed by atoms with van der Waals surface area (Å²) in [4.78, 5) is 18.1. The molecule has 1 aliphatic heterocycles. The summed E-state index contributed by atoms with van der Waals surface area (Å²) in [7, 11) is 0. The highest BCUT2D eigenvalue weighted by Gasteiger charge is 2.25. The fraction of sp³-hybridized carbons (Fsp3) is 0.412. The summed E-state index contributed by atoms with van der Waals surface area (Å²) in [6, 6.07) is 9.69. The average molecular weight is 347 g/mol. The van der Waals surface area contributed by atoms with Gasteiger partial charge >= 0.3 is 6.09 Å². The van der Waals surface area contributed by atoms with Crippen LogP contribution in [0.15, 0.2) is 41.2 Å². The Kier molecular flexibility index (Phi) is 6.17. The molecule has 0 spiro atoms. The zero-order chi connectivity index (χ0) is 16.6. The molecule has 0 bridgehead atoms. The van der Waals surface area contributed by atoms with Crippen molar-refractivity contribution in [3.05, 3.63) is 52.5 Å². The molecule has 1 unspecified atom stereocenters. The van der Waals surface area contributed by atoms with Gasteiger partial charge in [-0.25, -0.2) is 9.78 Å². The predicted octanol–water partition coefficient (Wildman–Crippen LogP) is 2.27. The van der Waals surface area contributed by atoms with E-state index in [9.17, 15) is 4.79 Å². The number of morpholine rings is 1. The number of nitrogens with zero attached hydrogens (tertiary/aromatic N) is 2. The highest BCUT2D eigenvalue weighted by molar-refractivity contribution is 7.07. The van der Waals surface area contributed by atoms with E-state index in [2.05, 4.69) is 10.3 Å². The molecule has 2 aromatic rings. The quantitative estimate of drug-likeness (QED) is 0.868. The van der Waals surface area contributed by atoms with E-state index < -0.39 is 0 Å². The highest BCUT2D eigenvalue weighted by atomic mass is 32.1. The maximum absolute atomic E-state index is 12.2. The van der Waals surface area contributed by atoms with Gasteiger partial charge in [0, 0.05) is 25.0 Å². The van der Waals surface area contributed by atoms with Crippen LogP contribution in [0.5, 0.6) is 0 Å². The van der Waals surface area contributed by atoms with Gasteiger partial charge in [0.1, 0.15) is 6.61 Å². The third-order valence-electron chi connectivity index (χ3n) is 3.76. The number of aromatic nitrogens is 1. The lowest BCUT2D eigenvalue weighted by atomic mass is 10.2. The molecule has 1 saturated heterocycles. The smallest absolute Gasteiger partial charge is 0.410 e. The Bertz CT molecular complexity index is 621. The number of carbonyl (C=O) groups is 1. The van der Waals surface area contributed by atoms with Crippen LogP contribution in [0.2, 0.25) is 0 Å². The van der Waals surface area contributed by atoms with E-state index in [1.54, 1.807) is 16.2 Å². The fourth-order valence-electron chi connectivity index (χ4n) is 2.51. The number of hydrogen-bond donors (Lipinski definition) is 1. The largest absolute Gasteiger partial charge is 0.445 e. The summed E-state index contributed by atoms with van der Waals surface area (Å²) in [6.45, 7) is 3.32. The summed E-state index contributed by atoms with van der Waals surface area (Å²) >= 11 is 1.58. The minimum Gasteiger partial charge on any atom is -0.445 e. The molecule has 0 saturated carbocycles. The van der Waals surface area contributed by atoms with E-state index in [1.165, 1.54) is 0 Å². The number of rotatable bonds is 6. The SMILES string of the molecule is O=C(OCc1ccccc1)N1CCOC(CNCc2cscn2)C1. The summed E-state index contributed by atoms with van der Waals surface area (Å²) in [5.41, 5.74) is 3.83. The number of thiazole rings is 1. The number of nitrogens with one attached hydrogen (secondary N) is 1. The molecule has 1 N–H and O–H groups in total. The van der Waals surface area contributed by atoms with E-state index in [4.69, 9.17) is 9.47 Å². The van der Waals surface area contributed by atoms with Gasteiger partial charge in [0.25, 0.3) is 0 Å². The van der Waals surface area contributed by atoms with Crippen LogP contribution in [0.3, 0.4) is 0 Å². The molecule has 7 heteroatoms. The van der Waals surface area contributed by atoms with Crippen molar-refractivity contribution in [3.63, 3.8) is 0 Å². The molecule has 0 radical (unpaired) electrons. The van der Waals surface area contributed by atoms with Gasteiger partial charge in [-0.3, -0.25) is 0 Å². The lowest BCUT2D eigenvalue weighted by molar-refractivity contribution is -0.0271. The van der Waals surface area contributed by atoms with Gasteiger partial charge in [-0.05, 0) is 5.56 Å². The van der Waals surface area contributed by atoms with Crippen LogP contribution >= 0.6 is 11.3 Å². The van der Waals surface area contributed by atoms with Crippen molar-refractivity contribution in [1.82, 2.24) is 15.2 Å². The van der Waals surface area contributed by atoms with Crippen molar-refractivity contribution in [2.24, 2.45) is 0 Å². The minimum atomic E-state index is -0.286. The molecule has 0 aliphatic carbocycles. The first-order valence-electron chi connectivity index (χ1n) is 7.96. The number of hydrogen-bond acceptors (Lipinski definition) is 6. The highest BCUT2D eigenvalue weighted by Crippen LogP contribution is 2.09. The second kappa shape index (κ2) is 8.77. The second-order valence-electron chi connectivity index (χ2n) is 5.59. The van der Waals surface area contributed by atoms with Crippen LogP contribution in [-0.2, 0) is 22.6 Å². The number of benzene rings is 1. The van der Waals surface area contributed by atoms with Gasteiger partial charge in [0.05, 0.1) is 30.5 Å². The summed E-state index contributed by atoms with van der Waals surface area (Å²) < 4.78 is 11.1. The Morgan fingerprint density at radius 1 is 1.42 bits per heavy atom. The average Bonchev–Trinajstić information content (AvgIpc) is 3.14. The van der Waals surface area contributed by atoms with E-state index in [1.807, 2.05) is 41.2 Å². The summed E-state index contributed by atoms with van der Waals surface area (Å²) in [6.07, 6.45) is -0.312. The first-order valence-corrected chi connectivity index (χ1v) is 8.90. The van der Waals surface area contributed by atoms with Crippen LogP contribution in [-0.4, -0.2) is 48.3 Å². The van der Waals surface area contributed by atoms with Gasteiger partial charge in [0.15, 0.2) is 0 Å². The molecule has 6 nitrogen and oxygen atoms in total. The second-order valence-corrected chi connectivity index (χ2v) is 6.31. The van der Waals surface area contributed by atoms with Crippen molar-refractivity contribution in [3.8, 4) is 0 Å². The number of amides is 1. The van der Waals surface area contributed by atoms with Crippen LogP contribution < -0.4 is 5.32 Å². The lowest BCUT2D eigenvalue weighted by Gasteiger charge is -2.32. The van der Waals surface area contributed by atoms with Gasteiger partial charge in [-0.15, -0.1) is 11.3 Å². The topological polar surface area (TPSA) is 63.7 Å². The Balaban J connectivity index is 1.40. The zero-order valence-electron chi connectivity index (χ0n) is 13.4. The van der Waals surface area contributed by atoms with Crippen molar-refractivity contribution < 1.29 is 14.3 Å². The molecule has 3 rings (SSSR count). The maximum atomic E-state index is 12.2. The van der Waals surface area contributed by atoms with Crippen LogP contribution in [0.1, 0.15) is 11.3 Å². The molecular weight excluding hydrogens is 326 g/mol. The Hall–Kier alpha value is -1.96. The van der Waals surface area contributed by atoms with Crippen molar-refractivity contribution in [2.75, 3.05) is 26.2 Å². The first kappa shape index (κ1) is 16.9. The molecule has 1 fully saturated rings. The molecule has 24 heavy (non-hydrogen) atoms. The molecule has 1 aromatic carbocycles. The molecular formula is C17H21N3O3S. The molecule has 1 amide bonds. The first-order chi connectivity index (χ1) is 11.8. The summed E-state index contributed by atoms with van der Waals surface area (Å²) in [5, 5.41) is 5.33. The van der Waals surface area contributed by atoms with Crippen molar-refractivity contribution in [2.45, 2.75) is 19.3 Å². The zero-order valence-corrected chi connectivity index (χ0v) is 14.2. The van der Waals surface area contributed by atoms with E-state index in [0.717, 1.165) is 11.3 Å². The number of ether oxygens (including phenoxy) is 2. The van der Waals surface area contributed by atoms with E-state index >= 15 is 0 Å². The molecule has 2 heterocycles. The molecule has 1 atom stereocenters. The van der Waals surface area contributed by atoms with Crippen LogP contribution in [0.25, 0.3) is 0 Å². The Labute approximate surface area is 145 Å². The Morgan fingerprint density at radius 3 is 3.08 bits per heavy atom. The normalized spacial score (nSPS) is 17.7. The third kappa shape index (κ3) is 5.02. The van der Waals surface area contributed by atoms with Crippen molar-refractivity contribution >= 4 is 17.4 Å². The van der Waals surface area contributed by atoms with Crippen molar-refractivity contribution in [1.29, 1.82) is 0 Å². The molecule has 1 aromatic heterocycles. The lowest BCUT2D eigenvalue weighted by Crippen LogP contribution is -2.49. The summed E-state index contributed by atoms with van der Waals surface area (Å²) in [5.74, 6) is 0. The third-order valence-corrected chi connectivity index (χ3v) is 4.40. The molecule has 1 aliphatic rings. The monoisotopic (exact) mass is 347 g/mol. The van der Waals surface area contributed by atoms with Gasteiger partial charge in [-0.2, -0.15) is 0 Å². The van der Waals surface area contributed by atoms with Gasteiger partial charge < -0.3 is 19.7 Å². The minimum absolute atomic E-state index is 0.0262. The van der Waals surface area contributed by atoms with Gasteiger partial charge in [-0.1, -0.05) is 30.3 Å². The van der Waals surface area contributed by atoms with E-state index in [0.29, 0.717) is 39.4 Å². The van der Waals surface area contributed by atoms with Crippen LogP contribution in [0, 0.1) is 0 Å². The van der Waals surface area contributed by atoms with Crippen LogP contribution in [0.4, 0.5) is 4.79 Å². The standard InChI is InChI=1S/C17H21N3O3S/c21-17(23-11-14-4-2-1-3-5-14)20-6-7-22-16(10-20)9-18-8-15-12-24-13-19-15/h1-5,12-13,16,18H,6-11H2. The van der Waals surface area contributed by atoms with Gasteiger partial charge in [0.2, 0.25) is 0 Å². The molecule has 128 valence electrons.